The van der Waals surface area contributed by atoms with Crippen LogP contribution in [0.15, 0.2) is 41.0 Å². The van der Waals surface area contributed by atoms with Crippen LogP contribution in [-0.4, -0.2) is 29.4 Å². The lowest BCUT2D eigenvalue weighted by Gasteiger charge is -2.22. The highest BCUT2D eigenvalue weighted by atomic mass is 35.5. The van der Waals surface area contributed by atoms with E-state index in [0.29, 0.717) is 18.0 Å². The van der Waals surface area contributed by atoms with Crippen LogP contribution in [0.5, 0.6) is 5.75 Å². The molecule has 0 saturated carbocycles. The number of rotatable bonds is 3. The lowest BCUT2D eigenvalue weighted by Crippen LogP contribution is -2.42. The monoisotopic (exact) mass is 353 g/mol. The van der Waals surface area contributed by atoms with Crippen LogP contribution < -0.4 is 4.74 Å². The van der Waals surface area contributed by atoms with Crippen molar-refractivity contribution in [3.05, 3.63) is 52.4 Å². The first-order valence-corrected chi connectivity index (χ1v) is 7.83. The van der Waals surface area contributed by atoms with Crippen molar-refractivity contribution in [3.63, 3.8) is 0 Å². The highest BCUT2D eigenvalue weighted by molar-refractivity contribution is 6.35. The van der Waals surface area contributed by atoms with Crippen molar-refractivity contribution >= 4 is 35.1 Å². The summed E-state index contributed by atoms with van der Waals surface area (Å²) in [6, 6.07) is 7.14. The number of likely N-dealkylation sites (tertiary alicyclic amines) is 1. The zero-order valence-corrected chi connectivity index (χ0v) is 13.5. The first-order valence-electron chi connectivity index (χ1n) is 7.07. The molecule has 1 aliphatic heterocycles. The fourth-order valence-electron chi connectivity index (χ4n) is 2.53. The number of halogens is 2. The minimum Gasteiger partial charge on any atom is -0.459 e. The van der Waals surface area contributed by atoms with Crippen molar-refractivity contribution in [1.82, 2.24) is 4.90 Å². The van der Waals surface area contributed by atoms with E-state index in [1.165, 1.54) is 23.3 Å². The molecule has 7 heteroatoms. The van der Waals surface area contributed by atoms with Crippen LogP contribution >= 0.6 is 23.2 Å². The van der Waals surface area contributed by atoms with Gasteiger partial charge in [0.05, 0.1) is 11.3 Å². The number of benzene rings is 1. The van der Waals surface area contributed by atoms with Crippen molar-refractivity contribution in [2.24, 2.45) is 0 Å². The summed E-state index contributed by atoms with van der Waals surface area (Å²) < 4.78 is 10.4. The second kappa shape index (κ2) is 6.64. The number of esters is 1. The fourth-order valence-corrected chi connectivity index (χ4v) is 2.98. The molecule has 0 spiro atoms. The number of furan rings is 1. The lowest BCUT2D eigenvalue weighted by molar-refractivity contribution is -0.138. The summed E-state index contributed by atoms with van der Waals surface area (Å²) in [5, 5.41) is 0.693. The van der Waals surface area contributed by atoms with E-state index < -0.39 is 12.0 Å². The Morgan fingerprint density at radius 1 is 1.26 bits per heavy atom. The molecule has 5 nitrogen and oxygen atoms in total. The van der Waals surface area contributed by atoms with E-state index in [1.807, 2.05) is 0 Å². The molecular weight excluding hydrogens is 341 g/mol. The minimum absolute atomic E-state index is 0.203. The Labute approximate surface area is 142 Å². The first-order chi connectivity index (χ1) is 11.1. The molecule has 2 aromatic rings. The normalized spacial score (nSPS) is 17.3. The van der Waals surface area contributed by atoms with Crippen molar-refractivity contribution in [1.29, 1.82) is 0 Å². The minimum atomic E-state index is -0.653. The number of ether oxygens (including phenoxy) is 1. The molecule has 3 rings (SSSR count). The van der Waals surface area contributed by atoms with Crippen LogP contribution in [0.25, 0.3) is 0 Å². The Kier molecular flexibility index (Phi) is 4.59. The molecule has 1 atom stereocenters. The number of carbonyl (C=O) groups excluding carboxylic acids is 2. The van der Waals surface area contributed by atoms with E-state index in [1.54, 1.807) is 18.2 Å². The number of carbonyl (C=O) groups is 2. The average molecular weight is 354 g/mol. The third kappa shape index (κ3) is 3.35. The number of amides is 1. The van der Waals surface area contributed by atoms with Crippen LogP contribution in [0, 0.1) is 0 Å². The smallest absolute Gasteiger partial charge is 0.334 e. The molecule has 2 heterocycles. The van der Waals surface area contributed by atoms with Gasteiger partial charge in [0.1, 0.15) is 11.8 Å². The largest absolute Gasteiger partial charge is 0.459 e. The quantitative estimate of drug-likeness (QED) is 0.622. The van der Waals surface area contributed by atoms with Crippen LogP contribution in [0.2, 0.25) is 10.0 Å². The van der Waals surface area contributed by atoms with E-state index in [-0.39, 0.29) is 22.4 Å². The fraction of sp³-hybridized carbons (Fsp3) is 0.250. The third-order valence-corrected chi connectivity index (χ3v) is 4.15. The summed E-state index contributed by atoms with van der Waals surface area (Å²) >= 11 is 11.8. The molecule has 23 heavy (non-hydrogen) atoms. The Balaban J connectivity index is 1.74. The number of nitrogens with zero attached hydrogens (tertiary/aromatic N) is 1. The zero-order valence-electron chi connectivity index (χ0n) is 12.0. The SMILES string of the molecule is O=C(Oc1ccc(Cl)cc1Cl)C1CCCN1C(=O)c1ccco1. The summed E-state index contributed by atoms with van der Waals surface area (Å²) in [6.45, 7) is 0.480. The van der Waals surface area contributed by atoms with Crippen LogP contribution in [0.1, 0.15) is 23.4 Å². The second-order valence-corrected chi connectivity index (χ2v) is 5.97. The average Bonchev–Trinajstić information content (AvgIpc) is 3.20. The summed E-state index contributed by atoms with van der Waals surface area (Å²) in [5.41, 5.74) is 0. The van der Waals surface area contributed by atoms with Crippen molar-refractivity contribution in [2.45, 2.75) is 18.9 Å². The first kappa shape index (κ1) is 15.9. The van der Waals surface area contributed by atoms with Crippen molar-refractivity contribution in [3.8, 4) is 5.75 Å². The van der Waals surface area contributed by atoms with Gasteiger partial charge in [-0.05, 0) is 43.2 Å². The summed E-state index contributed by atoms with van der Waals surface area (Å²) in [4.78, 5) is 26.2. The van der Waals surface area contributed by atoms with E-state index in [0.717, 1.165) is 6.42 Å². The highest BCUT2D eigenvalue weighted by Crippen LogP contribution is 2.29. The van der Waals surface area contributed by atoms with Gasteiger partial charge in [0.2, 0.25) is 0 Å². The molecule has 1 saturated heterocycles. The Morgan fingerprint density at radius 2 is 2.09 bits per heavy atom. The lowest BCUT2D eigenvalue weighted by atomic mass is 10.2. The van der Waals surface area contributed by atoms with Gasteiger partial charge in [-0.1, -0.05) is 23.2 Å². The molecule has 1 aromatic carbocycles. The molecule has 1 unspecified atom stereocenters. The number of hydrogen-bond donors (Lipinski definition) is 0. The molecular formula is C16H13Cl2NO4. The maximum absolute atomic E-state index is 12.4. The summed E-state index contributed by atoms with van der Waals surface area (Å²) in [6.07, 6.45) is 2.68. The Bertz CT molecular complexity index is 730. The van der Waals surface area contributed by atoms with Crippen LogP contribution in [-0.2, 0) is 4.79 Å². The second-order valence-electron chi connectivity index (χ2n) is 5.13. The van der Waals surface area contributed by atoms with Gasteiger partial charge in [-0.25, -0.2) is 4.79 Å². The van der Waals surface area contributed by atoms with E-state index in [9.17, 15) is 9.59 Å². The molecule has 1 aromatic heterocycles. The Morgan fingerprint density at radius 3 is 2.78 bits per heavy atom. The van der Waals surface area contributed by atoms with Gasteiger partial charge in [0.15, 0.2) is 5.76 Å². The topological polar surface area (TPSA) is 59.8 Å². The maximum atomic E-state index is 12.4. The van der Waals surface area contributed by atoms with E-state index in [4.69, 9.17) is 32.4 Å². The van der Waals surface area contributed by atoms with Gasteiger partial charge < -0.3 is 14.1 Å². The maximum Gasteiger partial charge on any atom is 0.334 e. The summed E-state index contributed by atoms with van der Waals surface area (Å²) in [7, 11) is 0. The molecule has 0 radical (unpaired) electrons. The van der Waals surface area contributed by atoms with Gasteiger partial charge in [-0.3, -0.25) is 4.79 Å². The van der Waals surface area contributed by atoms with Crippen LogP contribution in [0.4, 0.5) is 0 Å². The number of hydrogen-bond acceptors (Lipinski definition) is 4. The molecule has 1 amide bonds. The molecule has 0 aliphatic carbocycles. The Hall–Kier alpha value is -1.98. The summed E-state index contributed by atoms with van der Waals surface area (Å²) in [5.74, 6) is -0.420. The molecule has 1 fully saturated rings. The third-order valence-electron chi connectivity index (χ3n) is 3.62. The molecule has 0 N–H and O–H groups in total. The van der Waals surface area contributed by atoms with E-state index >= 15 is 0 Å². The van der Waals surface area contributed by atoms with Crippen LogP contribution in [0.3, 0.4) is 0 Å². The van der Waals surface area contributed by atoms with Gasteiger partial charge in [0.25, 0.3) is 5.91 Å². The van der Waals surface area contributed by atoms with Gasteiger partial charge >= 0.3 is 5.97 Å². The molecule has 120 valence electrons. The van der Waals surface area contributed by atoms with E-state index in [2.05, 4.69) is 0 Å². The standard InChI is InChI=1S/C16H13Cl2NO4/c17-10-5-6-13(11(18)9-10)23-16(21)12-3-1-7-19(12)15(20)14-4-2-8-22-14/h2,4-6,8-9,12H,1,3,7H2. The van der Waals surface area contributed by atoms with Gasteiger partial charge in [0, 0.05) is 11.6 Å². The molecule has 0 bridgehead atoms. The zero-order chi connectivity index (χ0) is 16.4. The predicted molar refractivity (Wildman–Crippen MR) is 84.9 cm³/mol. The highest BCUT2D eigenvalue weighted by Gasteiger charge is 2.37. The van der Waals surface area contributed by atoms with Gasteiger partial charge in [-0.2, -0.15) is 0 Å². The van der Waals surface area contributed by atoms with Crippen molar-refractivity contribution < 1.29 is 18.7 Å². The van der Waals surface area contributed by atoms with Crippen molar-refractivity contribution in [2.75, 3.05) is 6.54 Å². The predicted octanol–water partition coefficient (Wildman–Crippen LogP) is 3.80. The van der Waals surface area contributed by atoms with Gasteiger partial charge in [-0.15, -0.1) is 0 Å². The molecule has 1 aliphatic rings.